The van der Waals surface area contributed by atoms with Crippen molar-refractivity contribution in [2.75, 3.05) is 0 Å². The number of fused-ring (bicyclic) bond motifs is 1. The van der Waals surface area contributed by atoms with E-state index in [-0.39, 0.29) is 12.2 Å². The van der Waals surface area contributed by atoms with E-state index in [2.05, 4.69) is 0 Å². The van der Waals surface area contributed by atoms with Crippen LogP contribution in [0.2, 0.25) is 0 Å². The van der Waals surface area contributed by atoms with Gasteiger partial charge in [-0.05, 0) is 31.6 Å². The number of carboxylic acid groups (broad SMARTS) is 1. The van der Waals surface area contributed by atoms with Gasteiger partial charge in [0.2, 0.25) is 0 Å². The number of rotatable bonds is 4. The van der Waals surface area contributed by atoms with Gasteiger partial charge in [0.1, 0.15) is 0 Å². The molecule has 1 aromatic carbocycles. The van der Waals surface area contributed by atoms with E-state index in [9.17, 15) is 9.59 Å². The molecular formula is C15H15NO3. The molecule has 0 aliphatic rings. The van der Waals surface area contributed by atoms with Crippen LogP contribution < -0.4 is 0 Å². The lowest BCUT2D eigenvalue weighted by molar-refractivity contribution is -0.136. The summed E-state index contributed by atoms with van der Waals surface area (Å²) in [6, 6.07) is 7.59. The van der Waals surface area contributed by atoms with E-state index < -0.39 is 5.97 Å². The van der Waals surface area contributed by atoms with Crippen molar-refractivity contribution in [3.8, 4) is 0 Å². The van der Waals surface area contributed by atoms with Gasteiger partial charge >= 0.3 is 5.97 Å². The molecule has 1 N–H and O–H groups in total. The summed E-state index contributed by atoms with van der Waals surface area (Å²) in [6.07, 6.45) is 3.14. The maximum atomic E-state index is 11.1. The molecule has 0 spiro atoms. The number of carboxylic acids is 1. The highest BCUT2D eigenvalue weighted by atomic mass is 16.4. The number of hydrogen-bond donors (Lipinski definition) is 1. The van der Waals surface area contributed by atoms with Gasteiger partial charge in [-0.15, -0.1) is 0 Å². The van der Waals surface area contributed by atoms with Gasteiger partial charge < -0.3 is 9.67 Å². The first-order valence-electron chi connectivity index (χ1n) is 5.99. The van der Waals surface area contributed by atoms with Gasteiger partial charge in [-0.2, -0.15) is 0 Å². The highest BCUT2D eigenvalue weighted by molar-refractivity contribution is 5.93. The molecule has 19 heavy (non-hydrogen) atoms. The Balaban J connectivity index is 2.66. The van der Waals surface area contributed by atoms with Crippen LogP contribution in [0.25, 0.3) is 17.1 Å². The highest BCUT2D eigenvalue weighted by Crippen LogP contribution is 2.26. The maximum absolute atomic E-state index is 11.1. The molecule has 0 radical (unpaired) electrons. The van der Waals surface area contributed by atoms with Crippen LogP contribution >= 0.6 is 0 Å². The lowest BCUT2D eigenvalue weighted by Gasteiger charge is -2.01. The Morgan fingerprint density at radius 2 is 2.00 bits per heavy atom. The van der Waals surface area contributed by atoms with Gasteiger partial charge in [0, 0.05) is 17.3 Å². The third-order valence-electron chi connectivity index (χ3n) is 3.07. The van der Waals surface area contributed by atoms with Crippen LogP contribution in [0.4, 0.5) is 0 Å². The molecule has 0 bridgehead atoms. The molecule has 2 aromatic rings. The van der Waals surface area contributed by atoms with Crippen LogP contribution in [0.5, 0.6) is 0 Å². The Bertz CT molecular complexity index is 680. The number of benzene rings is 1. The molecule has 4 nitrogen and oxygen atoms in total. The van der Waals surface area contributed by atoms with E-state index in [0.717, 1.165) is 22.2 Å². The number of allylic oxidation sites excluding steroid dienone is 1. The molecule has 1 heterocycles. The van der Waals surface area contributed by atoms with Crippen molar-refractivity contribution in [1.29, 1.82) is 0 Å². The largest absolute Gasteiger partial charge is 0.481 e. The summed E-state index contributed by atoms with van der Waals surface area (Å²) in [5.41, 5.74) is 2.55. The first kappa shape index (κ1) is 13.1. The molecule has 0 aliphatic carbocycles. The monoisotopic (exact) mass is 257 g/mol. The highest BCUT2D eigenvalue weighted by Gasteiger charge is 2.14. The predicted molar refractivity (Wildman–Crippen MR) is 74.0 cm³/mol. The lowest BCUT2D eigenvalue weighted by Crippen LogP contribution is -2.01. The first-order chi connectivity index (χ1) is 9.00. The molecule has 0 saturated carbocycles. The Labute approximate surface area is 111 Å². The average Bonchev–Trinajstić information content (AvgIpc) is 2.60. The topological polar surface area (TPSA) is 59.3 Å². The summed E-state index contributed by atoms with van der Waals surface area (Å²) in [7, 11) is 0. The quantitative estimate of drug-likeness (QED) is 0.856. The molecule has 0 unspecified atom stereocenters. The smallest absolute Gasteiger partial charge is 0.307 e. The van der Waals surface area contributed by atoms with Crippen molar-refractivity contribution in [1.82, 2.24) is 4.57 Å². The Morgan fingerprint density at radius 1 is 1.32 bits per heavy atom. The summed E-state index contributed by atoms with van der Waals surface area (Å²) in [5.74, 6) is -0.904. The summed E-state index contributed by atoms with van der Waals surface area (Å²) in [6.45, 7) is 3.35. The molecule has 0 amide bonds. The fraction of sp³-hybridized carbons (Fsp3) is 0.200. The lowest BCUT2D eigenvalue weighted by atomic mass is 10.1. The van der Waals surface area contributed by atoms with Crippen molar-refractivity contribution in [3.05, 3.63) is 41.6 Å². The molecular weight excluding hydrogens is 242 g/mol. The van der Waals surface area contributed by atoms with Crippen LogP contribution in [-0.4, -0.2) is 21.4 Å². The molecule has 4 heteroatoms. The molecule has 0 atom stereocenters. The number of hydrogen-bond acceptors (Lipinski definition) is 2. The number of carbonyl (C=O) groups is 2. The van der Waals surface area contributed by atoms with Crippen LogP contribution in [-0.2, 0) is 16.0 Å². The normalized spacial score (nSPS) is 11.3. The summed E-state index contributed by atoms with van der Waals surface area (Å²) < 4.78 is 1.86. The van der Waals surface area contributed by atoms with Crippen LogP contribution in [0.3, 0.4) is 0 Å². The van der Waals surface area contributed by atoms with Gasteiger partial charge in [0.15, 0.2) is 5.78 Å². The molecule has 98 valence electrons. The summed E-state index contributed by atoms with van der Waals surface area (Å²) >= 11 is 0. The van der Waals surface area contributed by atoms with E-state index >= 15 is 0 Å². The Hall–Kier alpha value is -2.36. The predicted octanol–water partition coefficient (Wildman–Crippen LogP) is 2.64. The zero-order valence-electron chi connectivity index (χ0n) is 10.9. The van der Waals surface area contributed by atoms with Crippen LogP contribution in [0.15, 0.2) is 30.3 Å². The SMILES string of the molecule is CC(=O)C=Cn1c(C)c(CC(=O)O)c2ccccc21. The summed E-state index contributed by atoms with van der Waals surface area (Å²) in [5, 5.41) is 9.91. The second kappa shape index (κ2) is 5.10. The first-order valence-corrected chi connectivity index (χ1v) is 5.99. The second-order valence-corrected chi connectivity index (χ2v) is 4.45. The Morgan fingerprint density at radius 3 is 2.63 bits per heavy atom. The standard InChI is InChI=1S/C15H15NO3/c1-10(17)7-8-16-11(2)13(9-15(18)19)12-5-3-4-6-14(12)16/h3-8H,9H2,1-2H3,(H,18,19). The van der Waals surface area contributed by atoms with Crippen molar-refractivity contribution in [2.24, 2.45) is 0 Å². The van der Waals surface area contributed by atoms with Crippen molar-refractivity contribution < 1.29 is 14.7 Å². The van der Waals surface area contributed by atoms with Crippen LogP contribution in [0.1, 0.15) is 18.2 Å². The molecule has 0 fully saturated rings. The van der Waals surface area contributed by atoms with Crippen molar-refractivity contribution in [2.45, 2.75) is 20.3 Å². The van der Waals surface area contributed by atoms with Gasteiger partial charge in [0.05, 0.1) is 11.9 Å². The van der Waals surface area contributed by atoms with Gasteiger partial charge in [-0.1, -0.05) is 18.2 Å². The molecule has 0 aliphatic heterocycles. The number of carbonyl (C=O) groups excluding carboxylic acids is 1. The number of ketones is 1. The molecule has 1 aromatic heterocycles. The zero-order chi connectivity index (χ0) is 14.0. The number of aliphatic carboxylic acids is 1. The van der Waals surface area contributed by atoms with E-state index in [1.807, 2.05) is 35.8 Å². The Kier molecular flexibility index (Phi) is 3.51. The van der Waals surface area contributed by atoms with Gasteiger partial charge in [-0.25, -0.2) is 0 Å². The number of para-hydroxylation sites is 1. The van der Waals surface area contributed by atoms with Crippen LogP contribution in [0, 0.1) is 6.92 Å². The van der Waals surface area contributed by atoms with Crippen molar-refractivity contribution in [3.63, 3.8) is 0 Å². The average molecular weight is 257 g/mol. The zero-order valence-corrected chi connectivity index (χ0v) is 10.9. The number of nitrogens with zero attached hydrogens (tertiary/aromatic N) is 1. The third kappa shape index (κ3) is 2.57. The molecule has 0 saturated heterocycles. The fourth-order valence-corrected chi connectivity index (χ4v) is 2.21. The van der Waals surface area contributed by atoms with Gasteiger partial charge in [-0.3, -0.25) is 9.59 Å². The minimum absolute atomic E-state index is 0.0206. The minimum atomic E-state index is -0.860. The fourth-order valence-electron chi connectivity index (χ4n) is 2.21. The number of aromatic nitrogens is 1. The van der Waals surface area contributed by atoms with E-state index in [0.29, 0.717) is 0 Å². The van der Waals surface area contributed by atoms with E-state index in [4.69, 9.17) is 5.11 Å². The molecule has 2 rings (SSSR count). The van der Waals surface area contributed by atoms with Gasteiger partial charge in [0.25, 0.3) is 0 Å². The summed E-state index contributed by atoms with van der Waals surface area (Å²) in [4.78, 5) is 22.0. The minimum Gasteiger partial charge on any atom is -0.481 e. The van der Waals surface area contributed by atoms with E-state index in [1.165, 1.54) is 13.0 Å². The second-order valence-electron chi connectivity index (χ2n) is 4.45. The van der Waals surface area contributed by atoms with Crippen molar-refractivity contribution >= 4 is 28.9 Å². The maximum Gasteiger partial charge on any atom is 0.307 e. The third-order valence-corrected chi connectivity index (χ3v) is 3.07. The van der Waals surface area contributed by atoms with E-state index in [1.54, 1.807) is 6.20 Å².